The fourth-order valence-electron chi connectivity index (χ4n) is 2.38. The highest BCUT2D eigenvalue weighted by molar-refractivity contribution is 5.69. The Hall–Kier alpha value is -1.46. The van der Waals surface area contributed by atoms with Gasteiger partial charge in [0.25, 0.3) is 0 Å². The van der Waals surface area contributed by atoms with Gasteiger partial charge in [-0.15, -0.1) is 0 Å². The normalized spacial score (nSPS) is 11.6. The molecule has 0 atom stereocenters. The number of aliphatic carboxylic acids is 1. The lowest BCUT2D eigenvalue weighted by molar-refractivity contribution is -0.138. The summed E-state index contributed by atoms with van der Waals surface area (Å²) in [6.07, 6.45) is 0. The van der Waals surface area contributed by atoms with Gasteiger partial charge in [0.05, 0.1) is 12.2 Å². The Labute approximate surface area is 127 Å². The van der Waals surface area contributed by atoms with Crippen molar-refractivity contribution in [2.75, 3.05) is 19.6 Å². The maximum atomic E-state index is 10.9. The van der Waals surface area contributed by atoms with E-state index in [0.717, 1.165) is 11.4 Å². The highest BCUT2D eigenvalue weighted by Gasteiger charge is 2.15. The van der Waals surface area contributed by atoms with Gasteiger partial charge in [0.1, 0.15) is 0 Å². The standard InChI is InChI=1S/C16H27N3O2/c1-11(2)14-6-5-13(18-16(14)12(3)4)9-19(8-7-17)10-15(20)21/h5-6,11-12H,7-10,17H2,1-4H3,(H,20,21). The van der Waals surface area contributed by atoms with Gasteiger partial charge in [-0.25, -0.2) is 0 Å². The van der Waals surface area contributed by atoms with Crippen molar-refractivity contribution in [3.05, 3.63) is 29.1 Å². The van der Waals surface area contributed by atoms with E-state index in [2.05, 4.69) is 33.8 Å². The molecule has 1 aromatic heterocycles. The summed E-state index contributed by atoms with van der Waals surface area (Å²) in [5.41, 5.74) is 8.81. The Bertz CT molecular complexity index is 473. The molecule has 0 saturated carbocycles. The smallest absolute Gasteiger partial charge is 0.317 e. The summed E-state index contributed by atoms with van der Waals surface area (Å²) < 4.78 is 0. The van der Waals surface area contributed by atoms with Gasteiger partial charge in [0.2, 0.25) is 0 Å². The van der Waals surface area contributed by atoms with E-state index in [0.29, 0.717) is 31.5 Å². The van der Waals surface area contributed by atoms with Crippen LogP contribution in [0.15, 0.2) is 12.1 Å². The quantitative estimate of drug-likeness (QED) is 0.768. The second-order valence-electron chi connectivity index (χ2n) is 5.98. The zero-order valence-electron chi connectivity index (χ0n) is 13.5. The van der Waals surface area contributed by atoms with E-state index < -0.39 is 5.97 Å². The van der Waals surface area contributed by atoms with E-state index >= 15 is 0 Å². The Kier molecular flexibility index (Phi) is 6.78. The molecule has 5 nitrogen and oxygen atoms in total. The van der Waals surface area contributed by atoms with E-state index in [1.54, 1.807) is 0 Å². The number of hydrogen-bond acceptors (Lipinski definition) is 4. The molecule has 1 aromatic rings. The predicted octanol–water partition coefficient (Wildman–Crippen LogP) is 2.17. The van der Waals surface area contributed by atoms with Crippen LogP contribution in [0.25, 0.3) is 0 Å². The Morgan fingerprint density at radius 3 is 2.43 bits per heavy atom. The molecule has 0 spiro atoms. The first kappa shape index (κ1) is 17.6. The summed E-state index contributed by atoms with van der Waals surface area (Å²) in [5.74, 6) is -0.0563. The summed E-state index contributed by atoms with van der Waals surface area (Å²) in [5, 5.41) is 8.95. The SMILES string of the molecule is CC(C)c1ccc(CN(CCN)CC(=O)O)nc1C(C)C. The number of carboxylic acid groups (broad SMARTS) is 1. The third kappa shape index (κ3) is 5.44. The molecule has 0 aliphatic rings. The van der Waals surface area contributed by atoms with Gasteiger partial charge in [0, 0.05) is 25.3 Å². The molecule has 118 valence electrons. The Morgan fingerprint density at radius 1 is 1.29 bits per heavy atom. The molecule has 3 N–H and O–H groups in total. The van der Waals surface area contributed by atoms with Crippen molar-refractivity contribution in [1.29, 1.82) is 0 Å². The first-order valence-electron chi connectivity index (χ1n) is 7.49. The van der Waals surface area contributed by atoms with Crippen molar-refractivity contribution in [3.63, 3.8) is 0 Å². The fourth-order valence-corrected chi connectivity index (χ4v) is 2.38. The van der Waals surface area contributed by atoms with Crippen molar-refractivity contribution in [2.24, 2.45) is 5.73 Å². The van der Waals surface area contributed by atoms with E-state index in [1.807, 2.05) is 11.0 Å². The molecular weight excluding hydrogens is 266 g/mol. The van der Waals surface area contributed by atoms with Crippen LogP contribution in [0, 0.1) is 0 Å². The van der Waals surface area contributed by atoms with Crippen LogP contribution >= 0.6 is 0 Å². The minimum Gasteiger partial charge on any atom is -0.480 e. The van der Waals surface area contributed by atoms with Crippen LogP contribution < -0.4 is 5.73 Å². The lowest BCUT2D eigenvalue weighted by atomic mass is 9.95. The number of carbonyl (C=O) groups is 1. The topological polar surface area (TPSA) is 79.5 Å². The molecule has 1 heterocycles. The fraction of sp³-hybridized carbons (Fsp3) is 0.625. The number of nitrogens with two attached hydrogens (primary N) is 1. The average molecular weight is 293 g/mol. The van der Waals surface area contributed by atoms with E-state index in [1.165, 1.54) is 5.56 Å². The molecule has 5 heteroatoms. The molecule has 0 aliphatic heterocycles. The van der Waals surface area contributed by atoms with Crippen LogP contribution in [0.4, 0.5) is 0 Å². The molecular formula is C16H27N3O2. The van der Waals surface area contributed by atoms with Gasteiger partial charge in [-0.1, -0.05) is 33.8 Å². The predicted molar refractivity (Wildman–Crippen MR) is 84.4 cm³/mol. The molecule has 0 amide bonds. The third-order valence-electron chi connectivity index (χ3n) is 3.37. The van der Waals surface area contributed by atoms with E-state index in [9.17, 15) is 4.79 Å². The molecule has 0 saturated heterocycles. The molecule has 1 rings (SSSR count). The van der Waals surface area contributed by atoms with Crippen molar-refractivity contribution in [1.82, 2.24) is 9.88 Å². The van der Waals surface area contributed by atoms with Crippen LogP contribution in [0.2, 0.25) is 0 Å². The molecule has 0 unspecified atom stereocenters. The van der Waals surface area contributed by atoms with Crippen molar-refractivity contribution < 1.29 is 9.90 Å². The van der Waals surface area contributed by atoms with E-state index in [-0.39, 0.29) is 6.54 Å². The second kappa shape index (κ2) is 8.10. The number of carboxylic acids is 1. The molecule has 0 radical (unpaired) electrons. The van der Waals surface area contributed by atoms with Gasteiger partial charge in [-0.05, 0) is 23.5 Å². The summed E-state index contributed by atoms with van der Waals surface area (Å²) in [6.45, 7) is 10.1. The molecule has 21 heavy (non-hydrogen) atoms. The number of pyridine rings is 1. The van der Waals surface area contributed by atoms with Crippen LogP contribution in [0.1, 0.15) is 56.5 Å². The minimum absolute atomic E-state index is 0.0121. The first-order valence-corrected chi connectivity index (χ1v) is 7.49. The van der Waals surface area contributed by atoms with Crippen LogP contribution in [-0.4, -0.2) is 40.6 Å². The second-order valence-corrected chi connectivity index (χ2v) is 5.98. The maximum Gasteiger partial charge on any atom is 0.317 e. The zero-order chi connectivity index (χ0) is 16.0. The number of rotatable bonds is 8. The summed E-state index contributed by atoms with van der Waals surface area (Å²) in [7, 11) is 0. The van der Waals surface area contributed by atoms with E-state index in [4.69, 9.17) is 15.8 Å². The number of aromatic nitrogens is 1. The van der Waals surface area contributed by atoms with Gasteiger partial charge < -0.3 is 10.8 Å². The number of nitrogens with zero attached hydrogens (tertiary/aromatic N) is 2. The monoisotopic (exact) mass is 293 g/mol. The lowest BCUT2D eigenvalue weighted by Crippen LogP contribution is -2.34. The largest absolute Gasteiger partial charge is 0.480 e. The van der Waals surface area contributed by atoms with Crippen molar-refractivity contribution in [2.45, 2.75) is 46.1 Å². The Balaban J connectivity index is 2.96. The third-order valence-corrected chi connectivity index (χ3v) is 3.37. The molecule has 0 aliphatic carbocycles. The first-order chi connectivity index (χ1) is 9.85. The van der Waals surface area contributed by atoms with Gasteiger partial charge in [-0.2, -0.15) is 0 Å². The van der Waals surface area contributed by atoms with Gasteiger partial charge >= 0.3 is 5.97 Å². The average Bonchev–Trinajstić information content (AvgIpc) is 2.37. The zero-order valence-corrected chi connectivity index (χ0v) is 13.5. The Morgan fingerprint density at radius 2 is 1.95 bits per heavy atom. The number of hydrogen-bond donors (Lipinski definition) is 2. The maximum absolute atomic E-state index is 10.9. The molecule has 0 fully saturated rings. The molecule has 0 aromatic carbocycles. The van der Waals surface area contributed by atoms with Crippen LogP contribution in [-0.2, 0) is 11.3 Å². The van der Waals surface area contributed by atoms with Gasteiger partial charge in [0.15, 0.2) is 0 Å². The summed E-state index contributed by atoms with van der Waals surface area (Å²) in [4.78, 5) is 17.4. The van der Waals surface area contributed by atoms with Crippen LogP contribution in [0.5, 0.6) is 0 Å². The van der Waals surface area contributed by atoms with Crippen molar-refractivity contribution in [3.8, 4) is 0 Å². The summed E-state index contributed by atoms with van der Waals surface area (Å²) in [6, 6.07) is 4.11. The highest BCUT2D eigenvalue weighted by atomic mass is 16.4. The lowest BCUT2D eigenvalue weighted by Gasteiger charge is -2.21. The minimum atomic E-state index is -0.841. The summed E-state index contributed by atoms with van der Waals surface area (Å²) >= 11 is 0. The van der Waals surface area contributed by atoms with Gasteiger partial charge in [-0.3, -0.25) is 14.7 Å². The van der Waals surface area contributed by atoms with Crippen LogP contribution in [0.3, 0.4) is 0 Å². The van der Waals surface area contributed by atoms with Crippen molar-refractivity contribution >= 4 is 5.97 Å². The highest BCUT2D eigenvalue weighted by Crippen LogP contribution is 2.24. The molecule has 0 bridgehead atoms.